The lowest BCUT2D eigenvalue weighted by molar-refractivity contribution is -0.138. The lowest BCUT2D eigenvalue weighted by Gasteiger charge is -2.31. The smallest absolute Gasteiger partial charge is 0.417 e. The molecule has 1 amide bonds. The zero-order valence-electron chi connectivity index (χ0n) is 32.0. The van der Waals surface area contributed by atoms with Gasteiger partial charge in [-0.2, -0.15) is 13.2 Å². The largest absolute Gasteiger partial charge is 0.491 e. The van der Waals surface area contributed by atoms with Crippen molar-refractivity contribution in [2.45, 2.75) is 57.9 Å². The molecule has 1 heterocycles. The van der Waals surface area contributed by atoms with Gasteiger partial charge in [0.2, 0.25) is 5.88 Å². The average molecular weight is 783 g/mol. The molecule has 0 saturated heterocycles. The Morgan fingerprint density at radius 1 is 0.745 bits per heavy atom. The van der Waals surface area contributed by atoms with Crippen LogP contribution in [0.3, 0.4) is 0 Å². The van der Waals surface area contributed by atoms with Crippen molar-refractivity contribution >= 4 is 5.91 Å². The van der Waals surface area contributed by atoms with Crippen molar-refractivity contribution in [3.05, 3.63) is 89.4 Å². The van der Waals surface area contributed by atoms with Crippen LogP contribution in [-0.4, -0.2) is 108 Å². The van der Waals surface area contributed by atoms with E-state index in [1.54, 1.807) is 12.1 Å². The molecule has 0 aliphatic carbocycles. The normalized spacial score (nSPS) is 13.0. The standard InChI is InChI=1S/C40H54F4N2O9/c1-5-48-15-16-49-17-18-50-19-20-51-21-22-52-23-24-53-25-26-54-35-8-6-7-32(28-35)36(27-31-9-12-34(41)13-10-31)30(2)46-38(47)39(3,4)55-37-14-11-33(29-45-37)40(42,43)44/h6-14,28-30,36H,5,15-27H2,1-4H3,(H,46,47). The number of aromatic nitrogens is 1. The van der Waals surface area contributed by atoms with E-state index in [-0.39, 0.29) is 17.6 Å². The molecule has 0 fully saturated rings. The Balaban J connectivity index is 1.42. The highest BCUT2D eigenvalue weighted by molar-refractivity contribution is 5.85. The fourth-order valence-corrected chi connectivity index (χ4v) is 5.15. The quantitative estimate of drug-likeness (QED) is 0.0654. The molecule has 0 bridgehead atoms. The molecule has 1 N–H and O–H groups in total. The van der Waals surface area contributed by atoms with Crippen LogP contribution in [0.5, 0.6) is 11.6 Å². The van der Waals surface area contributed by atoms with E-state index in [4.69, 9.17) is 37.9 Å². The minimum Gasteiger partial charge on any atom is -0.491 e. The number of hydrogen-bond donors (Lipinski definition) is 1. The van der Waals surface area contributed by atoms with Crippen molar-refractivity contribution in [3.63, 3.8) is 0 Å². The zero-order valence-corrected chi connectivity index (χ0v) is 32.0. The first-order valence-corrected chi connectivity index (χ1v) is 18.4. The lowest BCUT2D eigenvalue weighted by atomic mass is 9.86. The number of pyridine rings is 1. The number of ether oxygens (including phenoxy) is 8. The van der Waals surface area contributed by atoms with E-state index in [2.05, 4.69) is 10.3 Å². The molecule has 2 atom stereocenters. The molecule has 0 aliphatic rings. The summed E-state index contributed by atoms with van der Waals surface area (Å²) in [6.07, 6.45) is -3.43. The average Bonchev–Trinajstić information content (AvgIpc) is 3.15. The fourth-order valence-electron chi connectivity index (χ4n) is 5.15. The molecule has 0 aliphatic heterocycles. The summed E-state index contributed by atoms with van der Waals surface area (Å²) >= 11 is 0. The van der Waals surface area contributed by atoms with E-state index in [1.165, 1.54) is 26.0 Å². The molecule has 3 rings (SSSR count). The van der Waals surface area contributed by atoms with Crippen LogP contribution >= 0.6 is 0 Å². The van der Waals surface area contributed by atoms with Gasteiger partial charge in [-0.05, 0) is 75.6 Å². The van der Waals surface area contributed by atoms with Crippen molar-refractivity contribution in [2.24, 2.45) is 0 Å². The summed E-state index contributed by atoms with van der Waals surface area (Å²) in [7, 11) is 0. The summed E-state index contributed by atoms with van der Waals surface area (Å²) in [5.74, 6) is -0.659. The molecule has 3 aromatic rings. The number of halogens is 4. The molecule has 0 spiro atoms. The van der Waals surface area contributed by atoms with E-state index in [0.29, 0.717) is 104 Å². The maximum absolute atomic E-state index is 13.7. The second kappa shape index (κ2) is 24.6. The van der Waals surface area contributed by atoms with Crippen LogP contribution in [0.15, 0.2) is 66.9 Å². The van der Waals surface area contributed by atoms with E-state index in [0.717, 1.165) is 23.3 Å². The van der Waals surface area contributed by atoms with Crippen LogP contribution in [0, 0.1) is 5.82 Å². The van der Waals surface area contributed by atoms with E-state index in [9.17, 15) is 22.4 Å². The Bertz CT molecular complexity index is 1500. The number of benzene rings is 2. The van der Waals surface area contributed by atoms with Crippen molar-refractivity contribution in [1.29, 1.82) is 0 Å². The second-order valence-electron chi connectivity index (χ2n) is 12.9. The van der Waals surface area contributed by atoms with E-state index < -0.39 is 29.3 Å². The number of hydrogen-bond acceptors (Lipinski definition) is 10. The van der Waals surface area contributed by atoms with Gasteiger partial charge in [0.05, 0.1) is 78.2 Å². The third-order valence-electron chi connectivity index (χ3n) is 8.15. The predicted molar refractivity (Wildman–Crippen MR) is 197 cm³/mol. The minimum atomic E-state index is -4.55. The van der Waals surface area contributed by atoms with Gasteiger partial charge >= 0.3 is 6.18 Å². The molecule has 2 aromatic carbocycles. The van der Waals surface area contributed by atoms with Gasteiger partial charge < -0.3 is 43.2 Å². The fraction of sp³-hybridized carbons (Fsp3) is 0.550. The number of alkyl halides is 3. The summed E-state index contributed by atoms with van der Waals surface area (Å²) in [5.41, 5.74) is -0.680. The molecule has 2 unspecified atom stereocenters. The molecule has 55 heavy (non-hydrogen) atoms. The maximum atomic E-state index is 13.7. The van der Waals surface area contributed by atoms with Crippen LogP contribution in [-0.2, 0) is 45.8 Å². The highest BCUT2D eigenvalue weighted by Gasteiger charge is 2.35. The number of rotatable bonds is 28. The lowest BCUT2D eigenvalue weighted by Crippen LogP contribution is -2.51. The summed E-state index contributed by atoms with van der Waals surface area (Å²) < 4.78 is 97.0. The Morgan fingerprint density at radius 3 is 1.80 bits per heavy atom. The topological polar surface area (TPSA) is 116 Å². The molecule has 0 radical (unpaired) electrons. The number of nitrogens with one attached hydrogen (secondary N) is 1. The molecule has 11 nitrogen and oxygen atoms in total. The second-order valence-corrected chi connectivity index (χ2v) is 12.9. The zero-order chi connectivity index (χ0) is 39.9. The summed E-state index contributed by atoms with van der Waals surface area (Å²) in [4.78, 5) is 17.2. The van der Waals surface area contributed by atoms with Gasteiger partial charge in [-0.25, -0.2) is 9.37 Å². The summed E-state index contributed by atoms with van der Waals surface area (Å²) in [6.45, 7) is 12.9. The number of nitrogens with zero attached hydrogens (tertiary/aromatic N) is 1. The van der Waals surface area contributed by atoms with E-state index >= 15 is 0 Å². The van der Waals surface area contributed by atoms with Crippen molar-refractivity contribution in [2.75, 3.05) is 85.9 Å². The van der Waals surface area contributed by atoms with Crippen molar-refractivity contribution < 1.29 is 60.3 Å². The van der Waals surface area contributed by atoms with Crippen molar-refractivity contribution in [3.8, 4) is 11.6 Å². The summed E-state index contributed by atoms with van der Waals surface area (Å²) in [5, 5.41) is 2.99. The minimum absolute atomic E-state index is 0.125. The number of carbonyl (C=O) groups is 1. The Hall–Kier alpha value is -3.86. The molecule has 1 aromatic heterocycles. The van der Waals surface area contributed by atoms with Gasteiger partial charge in [-0.1, -0.05) is 24.3 Å². The first-order chi connectivity index (χ1) is 26.4. The monoisotopic (exact) mass is 782 g/mol. The van der Waals surface area contributed by atoms with Crippen LogP contribution in [0.25, 0.3) is 0 Å². The van der Waals surface area contributed by atoms with Gasteiger partial charge in [0, 0.05) is 30.8 Å². The van der Waals surface area contributed by atoms with Crippen LogP contribution < -0.4 is 14.8 Å². The molecule has 0 saturated carbocycles. The Morgan fingerprint density at radius 2 is 1.29 bits per heavy atom. The highest BCUT2D eigenvalue weighted by Crippen LogP contribution is 2.31. The SMILES string of the molecule is CCOCCOCCOCCOCCOCCOCCOc1cccc(C(Cc2ccc(F)cc2)C(C)NC(=O)C(C)(C)Oc2ccc(C(F)(F)F)cn2)c1. The Kier molecular flexibility index (Phi) is 20.4. The first kappa shape index (κ1) is 45.5. The Labute approximate surface area is 320 Å². The highest BCUT2D eigenvalue weighted by atomic mass is 19.4. The van der Waals surface area contributed by atoms with Crippen LogP contribution in [0.1, 0.15) is 50.3 Å². The molecule has 306 valence electrons. The molecular formula is C40H54F4N2O9. The first-order valence-electron chi connectivity index (χ1n) is 18.4. The number of amides is 1. The van der Waals surface area contributed by atoms with E-state index in [1.807, 2.05) is 38.1 Å². The van der Waals surface area contributed by atoms with Gasteiger partial charge in [0.15, 0.2) is 5.60 Å². The number of carbonyl (C=O) groups excluding carboxylic acids is 1. The maximum Gasteiger partial charge on any atom is 0.417 e. The van der Waals surface area contributed by atoms with Gasteiger partial charge in [-0.15, -0.1) is 0 Å². The third kappa shape index (κ3) is 18.1. The molecular weight excluding hydrogens is 728 g/mol. The predicted octanol–water partition coefficient (Wildman–Crippen LogP) is 6.43. The molecule has 15 heteroatoms. The van der Waals surface area contributed by atoms with Crippen molar-refractivity contribution in [1.82, 2.24) is 10.3 Å². The summed E-state index contributed by atoms with van der Waals surface area (Å²) in [6, 6.07) is 15.1. The third-order valence-corrected chi connectivity index (χ3v) is 8.15. The van der Waals surface area contributed by atoms with Crippen LogP contribution in [0.4, 0.5) is 17.6 Å². The van der Waals surface area contributed by atoms with Gasteiger partial charge in [0.25, 0.3) is 5.91 Å². The van der Waals surface area contributed by atoms with Gasteiger partial charge in [-0.3, -0.25) is 4.79 Å². The van der Waals surface area contributed by atoms with Gasteiger partial charge in [0.1, 0.15) is 18.2 Å². The van der Waals surface area contributed by atoms with Crippen LogP contribution in [0.2, 0.25) is 0 Å².